The van der Waals surface area contributed by atoms with E-state index in [0.29, 0.717) is 17.1 Å². The van der Waals surface area contributed by atoms with Crippen molar-refractivity contribution in [2.45, 2.75) is 24.8 Å². The van der Waals surface area contributed by atoms with Gasteiger partial charge in [0.2, 0.25) is 15.0 Å². The van der Waals surface area contributed by atoms with Gasteiger partial charge in [-0.05, 0) is 36.8 Å². The van der Waals surface area contributed by atoms with E-state index in [1.165, 1.54) is 50.1 Å². The standard InChI is InChI=1S/C21H20F3N3O5S/c1-13-8-16(26-20(25-13)33(29,30)12-21(22,23)24)15-5-7-19(28)27(11-15)10-14-4-6-17(31-2)18(9-14)32-3/h4-9,11H,10,12H2,1-3H3. The maximum atomic E-state index is 12.7. The van der Waals surface area contributed by atoms with Gasteiger partial charge in [-0.2, -0.15) is 13.2 Å². The summed E-state index contributed by atoms with van der Waals surface area (Å²) in [7, 11) is -1.81. The van der Waals surface area contributed by atoms with Gasteiger partial charge >= 0.3 is 6.18 Å². The van der Waals surface area contributed by atoms with Gasteiger partial charge in [0, 0.05) is 23.5 Å². The molecule has 12 heteroatoms. The van der Waals surface area contributed by atoms with Crippen LogP contribution in [0.3, 0.4) is 0 Å². The van der Waals surface area contributed by atoms with Crippen LogP contribution in [-0.2, 0) is 16.4 Å². The summed E-state index contributed by atoms with van der Waals surface area (Å²) >= 11 is 0. The molecule has 0 unspecified atom stereocenters. The summed E-state index contributed by atoms with van der Waals surface area (Å²) in [5, 5.41) is -0.924. The number of halogens is 3. The molecule has 0 amide bonds. The zero-order valence-electron chi connectivity index (χ0n) is 17.9. The molecule has 0 fully saturated rings. The average Bonchev–Trinajstić information content (AvgIpc) is 2.73. The second-order valence-corrected chi connectivity index (χ2v) is 9.01. The van der Waals surface area contributed by atoms with Crippen LogP contribution in [0.1, 0.15) is 11.3 Å². The Morgan fingerprint density at radius 1 is 1.00 bits per heavy atom. The predicted molar refractivity (Wildman–Crippen MR) is 113 cm³/mol. The molecule has 0 spiro atoms. The van der Waals surface area contributed by atoms with Crippen molar-refractivity contribution in [3.63, 3.8) is 0 Å². The van der Waals surface area contributed by atoms with Gasteiger partial charge in [-0.3, -0.25) is 4.79 Å². The molecule has 176 valence electrons. The Kier molecular flexibility index (Phi) is 6.77. The molecular weight excluding hydrogens is 463 g/mol. The van der Waals surface area contributed by atoms with Crippen LogP contribution in [0.5, 0.6) is 11.5 Å². The number of nitrogens with zero attached hydrogens (tertiary/aromatic N) is 3. The summed E-state index contributed by atoms with van der Waals surface area (Å²) in [5.74, 6) is -1.07. The van der Waals surface area contributed by atoms with Crippen molar-refractivity contribution in [3.05, 3.63) is 64.2 Å². The molecule has 0 atom stereocenters. The zero-order chi connectivity index (χ0) is 24.4. The number of methoxy groups -OCH3 is 2. The molecule has 3 aromatic rings. The zero-order valence-corrected chi connectivity index (χ0v) is 18.7. The number of alkyl halides is 3. The van der Waals surface area contributed by atoms with Crippen molar-refractivity contribution in [1.29, 1.82) is 0 Å². The van der Waals surface area contributed by atoms with Gasteiger partial charge in [0.25, 0.3) is 5.56 Å². The summed E-state index contributed by atoms with van der Waals surface area (Å²) in [5.41, 5.74) is 0.954. The minimum Gasteiger partial charge on any atom is -0.493 e. The van der Waals surface area contributed by atoms with E-state index in [0.717, 1.165) is 5.56 Å². The third-order valence-corrected chi connectivity index (χ3v) is 5.99. The molecule has 0 radical (unpaired) electrons. The third kappa shape index (κ3) is 5.89. The highest BCUT2D eigenvalue weighted by atomic mass is 32.2. The summed E-state index contributed by atoms with van der Waals surface area (Å²) in [6, 6.07) is 9.24. The van der Waals surface area contributed by atoms with Crippen molar-refractivity contribution >= 4 is 9.84 Å². The first-order chi connectivity index (χ1) is 15.4. The van der Waals surface area contributed by atoms with E-state index >= 15 is 0 Å². The van der Waals surface area contributed by atoms with Crippen LogP contribution < -0.4 is 15.0 Å². The van der Waals surface area contributed by atoms with E-state index in [1.54, 1.807) is 18.2 Å². The Morgan fingerprint density at radius 3 is 2.33 bits per heavy atom. The highest BCUT2D eigenvalue weighted by Crippen LogP contribution is 2.28. The first-order valence-corrected chi connectivity index (χ1v) is 11.1. The first kappa shape index (κ1) is 24.2. The Balaban J connectivity index is 2.00. The van der Waals surface area contributed by atoms with Crippen molar-refractivity contribution < 1.29 is 31.1 Å². The van der Waals surface area contributed by atoms with Crippen molar-refractivity contribution in [3.8, 4) is 22.8 Å². The largest absolute Gasteiger partial charge is 0.493 e. The van der Waals surface area contributed by atoms with Gasteiger partial charge in [-0.15, -0.1) is 0 Å². The average molecular weight is 483 g/mol. The van der Waals surface area contributed by atoms with Crippen LogP contribution in [0.2, 0.25) is 0 Å². The van der Waals surface area contributed by atoms with E-state index in [9.17, 15) is 26.4 Å². The molecule has 0 bridgehead atoms. The minimum atomic E-state index is -4.93. The quantitative estimate of drug-likeness (QED) is 0.476. The summed E-state index contributed by atoms with van der Waals surface area (Å²) in [6.45, 7) is 1.59. The fourth-order valence-electron chi connectivity index (χ4n) is 3.09. The molecule has 1 aromatic carbocycles. The molecule has 0 aliphatic rings. The SMILES string of the molecule is COc1ccc(Cn2cc(-c3cc(C)nc(S(=O)(=O)CC(F)(F)F)n3)ccc2=O)cc1OC. The predicted octanol–water partition coefficient (Wildman–Crippen LogP) is 3.02. The number of pyridine rings is 1. The van der Waals surface area contributed by atoms with Crippen LogP contribution >= 0.6 is 0 Å². The number of ether oxygens (including phenoxy) is 2. The lowest BCUT2D eigenvalue weighted by Crippen LogP contribution is -2.24. The number of aryl methyl sites for hydroxylation is 1. The van der Waals surface area contributed by atoms with E-state index < -0.39 is 26.9 Å². The van der Waals surface area contributed by atoms with E-state index in [2.05, 4.69) is 9.97 Å². The lowest BCUT2D eigenvalue weighted by molar-refractivity contribution is -0.106. The Labute approximate surface area is 187 Å². The van der Waals surface area contributed by atoms with Gasteiger partial charge < -0.3 is 14.0 Å². The van der Waals surface area contributed by atoms with Crippen LogP contribution in [0.15, 0.2) is 52.5 Å². The molecule has 0 aliphatic heterocycles. The minimum absolute atomic E-state index is 0.0734. The number of hydrogen-bond acceptors (Lipinski definition) is 7. The second kappa shape index (κ2) is 9.22. The van der Waals surface area contributed by atoms with Crippen molar-refractivity contribution in [1.82, 2.24) is 14.5 Å². The number of sulfone groups is 1. The topological polar surface area (TPSA) is 100 Å². The normalized spacial score (nSPS) is 11.9. The number of rotatable bonds is 7. The van der Waals surface area contributed by atoms with Gasteiger partial charge in [0.05, 0.1) is 26.5 Å². The van der Waals surface area contributed by atoms with Gasteiger partial charge in [0.1, 0.15) is 0 Å². The molecule has 2 aromatic heterocycles. The van der Waals surface area contributed by atoms with Crippen LogP contribution in [0.4, 0.5) is 13.2 Å². The highest BCUT2D eigenvalue weighted by Gasteiger charge is 2.37. The van der Waals surface area contributed by atoms with Gasteiger partial charge in [0.15, 0.2) is 17.3 Å². The van der Waals surface area contributed by atoms with E-state index in [4.69, 9.17) is 9.47 Å². The lowest BCUT2D eigenvalue weighted by atomic mass is 10.1. The smallest absolute Gasteiger partial charge is 0.403 e. The molecular formula is C21H20F3N3O5S. The van der Waals surface area contributed by atoms with Gasteiger partial charge in [-0.1, -0.05) is 6.07 Å². The number of benzene rings is 1. The fourth-order valence-corrected chi connectivity index (χ4v) is 4.17. The molecule has 0 N–H and O–H groups in total. The second-order valence-electron chi connectivity index (χ2n) is 7.12. The number of aromatic nitrogens is 3. The first-order valence-electron chi connectivity index (χ1n) is 9.49. The maximum absolute atomic E-state index is 12.7. The van der Waals surface area contributed by atoms with Crippen LogP contribution in [-0.4, -0.2) is 49.1 Å². The molecule has 2 heterocycles. The molecule has 0 saturated heterocycles. The van der Waals surface area contributed by atoms with Gasteiger partial charge in [-0.25, -0.2) is 18.4 Å². The van der Waals surface area contributed by atoms with Crippen LogP contribution in [0, 0.1) is 6.92 Å². The summed E-state index contributed by atoms with van der Waals surface area (Å²) < 4.78 is 74.1. The number of hydrogen-bond donors (Lipinski definition) is 0. The van der Waals surface area contributed by atoms with Crippen molar-refractivity contribution in [2.75, 3.05) is 20.0 Å². The van der Waals surface area contributed by atoms with E-state index in [-0.39, 0.29) is 23.5 Å². The summed E-state index contributed by atoms with van der Waals surface area (Å²) in [6.07, 6.45) is -3.49. The molecule has 0 saturated carbocycles. The Bertz CT molecular complexity index is 1340. The Hall–Kier alpha value is -3.41. The summed E-state index contributed by atoms with van der Waals surface area (Å²) in [4.78, 5) is 19.9. The molecule has 8 nitrogen and oxygen atoms in total. The monoisotopic (exact) mass is 483 g/mol. The molecule has 0 aliphatic carbocycles. The molecule has 3 rings (SSSR count). The lowest BCUT2D eigenvalue weighted by Gasteiger charge is -2.12. The van der Waals surface area contributed by atoms with E-state index in [1.807, 2.05) is 0 Å². The fraction of sp³-hybridized carbons (Fsp3) is 0.286. The highest BCUT2D eigenvalue weighted by molar-refractivity contribution is 7.91. The molecule has 33 heavy (non-hydrogen) atoms. The van der Waals surface area contributed by atoms with Crippen LogP contribution in [0.25, 0.3) is 11.3 Å². The maximum Gasteiger partial charge on any atom is 0.403 e. The van der Waals surface area contributed by atoms with Crippen molar-refractivity contribution in [2.24, 2.45) is 0 Å². The third-order valence-electron chi connectivity index (χ3n) is 4.55. The Morgan fingerprint density at radius 2 is 1.70 bits per heavy atom.